The number of nitro groups is 1. The molecular formula is C21H19N3O5S. The molecule has 0 saturated carbocycles. The van der Waals surface area contributed by atoms with Crippen LogP contribution >= 0.6 is 0 Å². The highest BCUT2D eigenvalue weighted by Crippen LogP contribution is 2.27. The van der Waals surface area contributed by atoms with Gasteiger partial charge in [-0.05, 0) is 42.8 Å². The fourth-order valence-electron chi connectivity index (χ4n) is 2.85. The van der Waals surface area contributed by atoms with E-state index >= 15 is 0 Å². The summed E-state index contributed by atoms with van der Waals surface area (Å²) < 4.78 is 27.3. The third kappa shape index (κ3) is 4.81. The van der Waals surface area contributed by atoms with Gasteiger partial charge < -0.3 is 5.32 Å². The summed E-state index contributed by atoms with van der Waals surface area (Å²) in [6.45, 7) is 1.32. The molecule has 9 heteroatoms. The molecular weight excluding hydrogens is 406 g/mol. The first-order valence-electron chi connectivity index (χ1n) is 8.96. The van der Waals surface area contributed by atoms with Gasteiger partial charge in [-0.25, -0.2) is 8.42 Å². The van der Waals surface area contributed by atoms with Gasteiger partial charge >= 0.3 is 0 Å². The van der Waals surface area contributed by atoms with E-state index in [9.17, 15) is 23.3 Å². The van der Waals surface area contributed by atoms with Gasteiger partial charge in [0.2, 0.25) is 5.91 Å². The predicted octanol–water partition coefficient (Wildman–Crippen LogP) is 3.74. The normalized spacial score (nSPS) is 11.0. The van der Waals surface area contributed by atoms with Crippen LogP contribution in [0.25, 0.3) is 0 Å². The number of nitrogens with one attached hydrogen (secondary N) is 1. The number of nitrogens with zero attached hydrogens (tertiary/aromatic N) is 2. The lowest BCUT2D eigenvalue weighted by Gasteiger charge is -2.24. The highest BCUT2D eigenvalue weighted by molar-refractivity contribution is 7.92. The van der Waals surface area contributed by atoms with Gasteiger partial charge in [0, 0.05) is 17.8 Å². The molecule has 3 aromatic carbocycles. The molecule has 0 aliphatic carbocycles. The average Bonchev–Trinajstić information content (AvgIpc) is 2.72. The van der Waals surface area contributed by atoms with E-state index in [-0.39, 0.29) is 16.3 Å². The van der Waals surface area contributed by atoms with Crippen LogP contribution in [0.1, 0.15) is 5.56 Å². The van der Waals surface area contributed by atoms with Gasteiger partial charge in [-0.15, -0.1) is 0 Å². The van der Waals surface area contributed by atoms with Gasteiger partial charge in [0.25, 0.3) is 15.7 Å². The van der Waals surface area contributed by atoms with Crippen molar-refractivity contribution >= 4 is 33.0 Å². The molecule has 0 radical (unpaired) electrons. The molecule has 0 saturated heterocycles. The van der Waals surface area contributed by atoms with Crippen LogP contribution in [-0.2, 0) is 14.8 Å². The molecule has 0 spiro atoms. The van der Waals surface area contributed by atoms with Crippen molar-refractivity contribution in [1.29, 1.82) is 0 Å². The van der Waals surface area contributed by atoms with E-state index in [0.717, 1.165) is 15.9 Å². The van der Waals surface area contributed by atoms with E-state index in [0.29, 0.717) is 5.69 Å². The molecule has 30 heavy (non-hydrogen) atoms. The quantitative estimate of drug-likeness (QED) is 0.458. The summed E-state index contributed by atoms with van der Waals surface area (Å²) in [5, 5.41) is 13.8. The Bertz CT molecular complexity index is 1180. The van der Waals surface area contributed by atoms with Gasteiger partial charge in [-0.2, -0.15) is 0 Å². The molecule has 0 unspecified atom stereocenters. The van der Waals surface area contributed by atoms with E-state index in [1.165, 1.54) is 30.3 Å². The molecule has 154 valence electrons. The third-order valence-corrected chi connectivity index (χ3v) is 6.04. The zero-order chi connectivity index (χ0) is 21.7. The van der Waals surface area contributed by atoms with E-state index in [4.69, 9.17) is 0 Å². The lowest BCUT2D eigenvalue weighted by molar-refractivity contribution is -0.384. The van der Waals surface area contributed by atoms with E-state index in [1.54, 1.807) is 36.4 Å². The Morgan fingerprint density at radius 3 is 2.37 bits per heavy atom. The SMILES string of the molecule is Cc1cccc(NC(=O)CN(c2cccc([N+](=O)[O-])c2)S(=O)(=O)c2ccccc2)c1. The lowest BCUT2D eigenvalue weighted by Crippen LogP contribution is -2.38. The fourth-order valence-corrected chi connectivity index (χ4v) is 4.28. The monoisotopic (exact) mass is 425 g/mol. The number of carbonyl (C=O) groups is 1. The van der Waals surface area contributed by atoms with E-state index in [2.05, 4.69) is 5.32 Å². The van der Waals surface area contributed by atoms with Crippen LogP contribution in [0.4, 0.5) is 17.1 Å². The summed E-state index contributed by atoms with van der Waals surface area (Å²) >= 11 is 0. The number of anilines is 2. The van der Waals surface area contributed by atoms with Crippen molar-refractivity contribution in [3.05, 3.63) is 94.5 Å². The largest absolute Gasteiger partial charge is 0.325 e. The molecule has 0 heterocycles. The van der Waals surface area contributed by atoms with Gasteiger partial charge in [-0.1, -0.05) is 36.4 Å². The molecule has 0 aliphatic heterocycles. The first-order valence-corrected chi connectivity index (χ1v) is 10.4. The highest BCUT2D eigenvalue weighted by atomic mass is 32.2. The van der Waals surface area contributed by atoms with Crippen LogP contribution in [0, 0.1) is 17.0 Å². The number of nitro benzene ring substituents is 1. The maximum absolute atomic E-state index is 13.2. The second kappa shape index (κ2) is 8.75. The molecule has 1 amide bonds. The number of benzene rings is 3. The molecule has 8 nitrogen and oxygen atoms in total. The first kappa shape index (κ1) is 21.0. The van der Waals surface area contributed by atoms with Crippen LogP contribution in [-0.4, -0.2) is 25.8 Å². The van der Waals surface area contributed by atoms with Crippen molar-refractivity contribution in [2.75, 3.05) is 16.2 Å². The Morgan fingerprint density at radius 1 is 1.00 bits per heavy atom. The number of sulfonamides is 1. The minimum absolute atomic E-state index is 0.0208. The number of amides is 1. The van der Waals surface area contributed by atoms with Crippen LogP contribution in [0.3, 0.4) is 0 Å². The maximum atomic E-state index is 13.2. The summed E-state index contributed by atoms with van der Waals surface area (Å²) in [5.41, 5.74) is 1.20. The van der Waals surface area contributed by atoms with E-state index in [1.807, 2.05) is 13.0 Å². The van der Waals surface area contributed by atoms with Crippen molar-refractivity contribution < 1.29 is 18.1 Å². The second-order valence-electron chi connectivity index (χ2n) is 6.52. The molecule has 0 bridgehead atoms. The predicted molar refractivity (Wildman–Crippen MR) is 114 cm³/mol. The van der Waals surface area contributed by atoms with Gasteiger partial charge in [0.05, 0.1) is 15.5 Å². The number of hydrogen-bond acceptors (Lipinski definition) is 5. The molecule has 0 aromatic heterocycles. The average molecular weight is 425 g/mol. The number of carbonyl (C=O) groups excluding carboxylic acids is 1. The van der Waals surface area contributed by atoms with Crippen molar-refractivity contribution in [3.63, 3.8) is 0 Å². The number of non-ortho nitro benzene ring substituents is 1. The number of rotatable bonds is 7. The van der Waals surface area contributed by atoms with Crippen LogP contribution < -0.4 is 9.62 Å². The second-order valence-corrected chi connectivity index (χ2v) is 8.38. The highest BCUT2D eigenvalue weighted by Gasteiger charge is 2.28. The lowest BCUT2D eigenvalue weighted by atomic mass is 10.2. The number of hydrogen-bond donors (Lipinski definition) is 1. The standard InChI is InChI=1S/C21H19N3O5S/c1-16-7-5-8-17(13-16)22-21(25)15-23(18-9-6-10-19(14-18)24(26)27)30(28,29)20-11-3-2-4-12-20/h2-14H,15H2,1H3,(H,22,25). The van der Waals surface area contributed by atoms with Crippen LogP contribution in [0.15, 0.2) is 83.8 Å². The smallest absolute Gasteiger partial charge is 0.271 e. The van der Waals surface area contributed by atoms with E-state index < -0.39 is 27.4 Å². The fraction of sp³-hybridized carbons (Fsp3) is 0.0952. The minimum atomic E-state index is -4.14. The Kier molecular flexibility index (Phi) is 6.12. The maximum Gasteiger partial charge on any atom is 0.271 e. The van der Waals surface area contributed by atoms with Crippen molar-refractivity contribution in [2.24, 2.45) is 0 Å². The third-order valence-electron chi connectivity index (χ3n) is 4.25. The minimum Gasteiger partial charge on any atom is -0.325 e. The van der Waals surface area contributed by atoms with Crippen LogP contribution in [0.5, 0.6) is 0 Å². The Morgan fingerprint density at radius 2 is 1.70 bits per heavy atom. The first-order chi connectivity index (χ1) is 14.3. The Labute approximate surface area is 174 Å². The van der Waals surface area contributed by atoms with Crippen molar-refractivity contribution in [2.45, 2.75) is 11.8 Å². The van der Waals surface area contributed by atoms with Gasteiger partial charge in [-0.3, -0.25) is 19.2 Å². The molecule has 0 atom stereocenters. The molecule has 0 aliphatic rings. The summed E-state index contributed by atoms with van der Waals surface area (Å²) in [6.07, 6.45) is 0. The summed E-state index contributed by atoms with van der Waals surface area (Å²) in [4.78, 5) is 23.2. The zero-order valence-electron chi connectivity index (χ0n) is 16.1. The van der Waals surface area contributed by atoms with Gasteiger partial charge in [0.15, 0.2) is 0 Å². The topological polar surface area (TPSA) is 110 Å². The van der Waals surface area contributed by atoms with Crippen molar-refractivity contribution in [1.82, 2.24) is 0 Å². The molecule has 3 aromatic rings. The summed E-state index contributed by atoms with van der Waals surface area (Å²) in [5.74, 6) is -0.577. The zero-order valence-corrected chi connectivity index (χ0v) is 16.9. The summed E-state index contributed by atoms with van der Waals surface area (Å²) in [6, 6.07) is 19.8. The molecule has 0 fully saturated rings. The van der Waals surface area contributed by atoms with Gasteiger partial charge in [0.1, 0.15) is 6.54 Å². The summed E-state index contributed by atoms with van der Waals surface area (Å²) in [7, 11) is -4.14. The van der Waals surface area contributed by atoms with Crippen LogP contribution in [0.2, 0.25) is 0 Å². The van der Waals surface area contributed by atoms with Crippen molar-refractivity contribution in [3.8, 4) is 0 Å². The Hall–Kier alpha value is -3.72. The molecule has 1 N–H and O–H groups in total. The number of aryl methyl sites for hydroxylation is 1. The molecule has 3 rings (SSSR count). The Balaban J connectivity index is 1.98.